The van der Waals surface area contributed by atoms with E-state index < -0.39 is 35.7 Å². The molecule has 0 unspecified atom stereocenters. The maximum atomic E-state index is 12.2. The first kappa shape index (κ1) is 19.9. The molecule has 8 nitrogen and oxygen atoms in total. The van der Waals surface area contributed by atoms with E-state index in [0.29, 0.717) is 12.3 Å². The second-order valence-electron chi connectivity index (χ2n) is 6.19. The maximum absolute atomic E-state index is 12.2. The number of amides is 2. The normalized spacial score (nSPS) is 17.2. The Bertz CT molecular complexity index is 471. The number of rotatable bonds is 8. The monoisotopic (exact) mass is 342 g/mol. The van der Waals surface area contributed by atoms with Crippen LogP contribution in [0.1, 0.15) is 39.0 Å². The molecule has 0 aliphatic heterocycles. The first-order valence-corrected chi connectivity index (χ1v) is 8.06. The molecule has 3 N–H and O–H groups in total. The van der Waals surface area contributed by atoms with Gasteiger partial charge in [-0.3, -0.25) is 19.2 Å². The number of nitrogens with two attached hydrogens (primary N) is 1. The largest absolute Gasteiger partial charge is 0.468 e. The van der Waals surface area contributed by atoms with Gasteiger partial charge in [0.05, 0.1) is 14.2 Å². The predicted molar refractivity (Wildman–Crippen MR) is 84.4 cm³/mol. The van der Waals surface area contributed by atoms with E-state index in [-0.39, 0.29) is 5.91 Å². The van der Waals surface area contributed by atoms with Gasteiger partial charge in [-0.25, -0.2) is 0 Å². The Morgan fingerprint density at radius 1 is 1.08 bits per heavy atom. The van der Waals surface area contributed by atoms with Gasteiger partial charge < -0.3 is 20.5 Å². The van der Waals surface area contributed by atoms with Crippen LogP contribution in [0.15, 0.2) is 0 Å². The molecule has 1 saturated carbocycles. The van der Waals surface area contributed by atoms with Gasteiger partial charge in [-0.1, -0.05) is 19.8 Å². The molecule has 0 spiro atoms. The third-order valence-corrected chi connectivity index (χ3v) is 4.53. The Morgan fingerprint density at radius 2 is 1.58 bits per heavy atom. The number of nitrogens with one attached hydrogen (secondary N) is 1. The quantitative estimate of drug-likeness (QED) is 0.477. The Morgan fingerprint density at radius 3 is 2.00 bits per heavy atom. The summed E-state index contributed by atoms with van der Waals surface area (Å²) in [6.45, 7) is 1.48. The lowest BCUT2D eigenvalue weighted by Crippen LogP contribution is -2.53. The number of primary amides is 1. The molecular weight excluding hydrogens is 316 g/mol. The number of carbonyl (C=O) groups is 4. The molecule has 2 amide bonds. The smallest absolute Gasteiger partial charge is 0.320 e. The maximum Gasteiger partial charge on any atom is 0.320 e. The molecular formula is C16H26N2O6. The zero-order chi connectivity index (χ0) is 18.3. The van der Waals surface area contributed by atoms with Crippen LogP contribution in [-0.2, 0) is 28.7 Å². The molecule has 0 radical (unpaired) electrons. The van der Waals surface area contributed by atoms with Crippen molar-refractivity contribution in [1.29, 1.82) is 0 Å². The van der Waals surface area contributed by atoms with E-state index in [2.05, 4.69) is 14.8 Å². The Labute approximate surface area is 141 Å². The molecule has 0 aromatic rings. The van der Waals surface area contributed by atoms with Crippen LogP contribution >= 0.6 is 0 Å². The van der Waals surface area contributed by atoms with Gasteiger partial charge in [0.1, 0.15) is 6.04 Å². The van der Waals surface area contributed by atoms with Crippen molar-refractivity contribution in [2.24, 2.45) is 23.5 Å². The first-order chi connectivity index (χ1) is 11.3. The summed E-state index contributed by atoms with van der Waals surface area (Å²) in [7, 11) is 2.26. The van der Waals surface area contributed by atoms with Crippen LogP contribution in [0, 0.1) is 17.8 Å². The van der Waals surface area contributed by atoms with Gasteiger partial charge in [-0.05, 0) is 18.8 Å². The summed E-state index contributed by atoms with van der Waals surface area (Å²) in [6, 6.07) is -1.16. The van der Waals surface area contributed by atoms with Crippen LogP contribution in [0.2, 0.25) is 0 Å². The lowest BCUT2D eigenvalue weighted by atomic mass is 9.86. The van der Waals surface area contributed by atoms with E-state index in [1.165, 1.54) is 6.92 Å². The third kappa shape index (κ3) is 5.21. The zero-order valence-electron chi connectivity index (χ0n) is 14.4. The fourth-order valence-electron chi connectivity index (χ4n) is 3.14. The van der Waals surface area contributed by atoms with Gasteiger partial charge in [0, 0.05) is 12.3 Å². The minimum Gasteiger partial charge on any atom is -0.468 e. The number of esters is 2. The summed E-state index contributed by atoms with van der Waals surface area (Å²) in [4.78, 5) is 47.6. The lowest BCUT2D eigenvalue weighted by molar-refractivity contribution is -0.162. The second-order valence-corrected chi connectivity index (χ2v) is 6.19. The molecule has 1 rings (SSSR count). The van der Waals surface area contributed by atoms with Crippen LogP contribution in [0.3, 0.4) is 0 Å². The minimum atomic E-state index is -1.34. The van der Waals surface area contributed by atoms with Gasteiger partial charge in [0.15, 0.2) is 5.92 Å². The highest BCUT2D eigenvalue weighted by atomic mass is 16.5. The zero-order valence-corrected chi connectivity index (χ0v) is 14.4. The summed E-state index contributed by atoms with van der Waals surface area (Å²) in [5.74, 6) is -4.76. The van der Waals surface area contributed by atoms with E-state index in [4.69, 9.17) is 5.73 Å². The molecule has 0 aromatic heterocycles. The molecule has 0 saturated heterocycles. The summed E-state index contributed by atoms with van der Waals surface area (Å²) < 4.78 is 9.19. The lowest BCUT2D eigenvalue weighted by Gasteiger charge is -2.27. The third-order valence-electron chi connectivity index (χ3n) is 4.53. The van der Waals surface area contributed by atoms with Crippen molar-refractivity contribution in [3.05, 3.63) is 0 Å². The molecule has 2 atom stereocenters. The number of ether oxygens (including phenoxy) is 2. The molecule has 24 heavy (non-hydrogen) atoms. The molecule has 1 aliphatic carbocycles. The highest BCUT2D eigenvalue weighted by Gasteiger charge is 2.41. The van der Waals surface area contributed by atoms with Crippen molar-refractivity contribution < 1.29 is 28.7 Å². The highest BCUT2D eigenvalue weighted by molar-refractivity contribution is 5.97. The fourth-order valence-corrected chi connectivity index (χ4v) is 3.14. The van der Waals surface area contributed by atoms with Gasteiger partial charge in [-0.15, -0.1) is 0 Å². The standard InChI is InChI=1S/C16H26N2O6/c1-9(12(15(21)23-2)16(22)24-3)13(14(17)20)18-11(19)8-10-6-4-5-7-10/h9-10,12-13H,4-8H2,1-3H3,(H2,17,20)(H,18,19)/t9-,13-/m0/s1. The molecule has 0 heterocycles. The highest BCUT2D eigenvalue weighted by Crippen LogP contribution is 2.27. The van der Waals surface area contributed by atoms with Crippen molar-refractivity contribution in [1.82, 2.24) is 5.32 Å². The Balaban J connectivity index is 2.83. The van der Waals surface area contributed by atoms with Gasteiger partial charge in [-0.2, -0.15) is 0 Å². The summed E-state index contributed by atoms with van der Waals surface area (Å²) >= 11 is 0. The summed E-state index contributed by atoms with van der Waals surface area (Å²) in [6.07, 6.45) is 4.46. The number of hydrogen-bond acceptors (Lipinski definition) is 6. The van der Waals surface area contributed by atoms with Gasteiger partial charge in [0.2, 0.25) is 11.8 Å². The van der Waals surface area contributed by atoms with Crippen molar-refractivity contribution in [2.45, 2.75) is 45.1 Å². The van der Waals surface area contributed by atoms with Crippen molar-refractivity contribution in [2.75, 3.05) is 14.2 Å². The summed E-state index contributed by atoms with van der Waals surface area (Å²) in [5.41, 5.74) is 5.36. The molecule has 1 aliphatic rings. The number of methoxy groups -OCH3 is 2. The van der Waals surface area contributed by atoms with Crippen LogP contribution < -0.4 is 11.1 Å². The molecule has 0 bridgehead atoms. The van der Waals surface area contributed by atoms with E-state index in [0.717, 1.165) is 39.9 Å². The fraction of sp³-hybridized carbons (Fsp3) is 0.750. The summed E-state index contributed by atoms with van der Waals surface area (Å²) in [5, 5.41) is 2.55. The number of carbonyl (C=O) groups excluding carboxylic acids is 4. The van der Waals surface area contributed by atoms with Crippen LogP contribution in [0.4, 0.5) is 0 Å². The van der Waals surface area contributed by atoms with E-state index >= 15 is 0 Å². The molecule has 136 valence electrons. The van der Waals surface area contributed by atoms with Crippen molar-refractivity contribution in [3.63, 3.8) is 0 Å². The Kier molecular flexibility index (Phi) is 7.67. The first-order valence-electron chi connectivity index (χ1n) is 8.06. The minimum absolute atomic E-state index is 0.297. The number of hydrogen-bond donors (Lipinski definition) is 2. The van der Waals surface area contributed by atoms with Crippen LogP contribution in [0.5, 0.6) is 0 Å². The average Bonchev–Trinajstić information content (AvgIpc) is 3.04. The van der Waals surface area contributed by atoms with Gasteiger partial charge >= 0.3 is 11.9 Å². The topological polar surface area (TPSA) is 125 Å². The van der Waals surface area contributed by atoms with Crippen molar-refractivity contribution in [3.8, 4) is 0 Å². The second kappa shape index (κ2) is 9.24. The van der Waals surface area contributed by atoms with Gasteiger partial charge in [0.25, 0.3) is 0 Å². The van der Waals surface area contributed by atoms with Crippen LogP contribution in [-0.4, -0.2) is 44.0 Å². The predicted octanol–water partition coefficient (Wildman–Crippen LogP) is 0.135. The van der Waals surface area contributed by atoms with E-state index in [9.17, 15) is 19.2 Å². The van der Waals surface area contributed by atoms with E-state index in [1.54, 1.807) is 0 Å². The Hall–Kier alpha value is -2.12. The van der Waals surface area contributed by atoms with Crippen LogP contribution in [0.25, 0.3) is 0 Å². The molecule has 1 fully saturated rings. The van der Waals surface area contributed by atoms with E-state index in [1.807, 2.05) is 0 Å². The average molecular weight is 342 g/mol. The molecule has 8 heteroatoms. The molecule has 0 aromatic carbocycles. The van der Waals surface area contributed by atoms with Crippen molar-refractivity contribution >= 4 is 23.8 Å². The SMILES string of the molecule is COC(=O)C(C(=O)OC)[C@H](C)[C@H](NC(=O)CC1CCCC1)C(N)=O.